The number of carboxylic acids is 1. The summed E-state index contributed by atoms with van der Waals surface area (Å²) in [6.45, 7) is 19.6. The Kier molecular flexibility index (Phi) is 9.54. The fraction of sp³-hybridized carbons (Fsp3) is 0.653. The third kappa shape index (κ3) is 6.02. The van der Waals surface area contributed by atoms with E-state index in [9.17, 15) is 24.6 Å². The number of fused-ring (bicyclic) bond motifs is 7. The molecule has 2 aromatic carbocycles. The van der Waals surface area contributed by atoms with E-state index in [2.05, 4.69) is 58.8 Å². The molecule has 0 spiro atoms. The number of carboxylic acid groups (broad SMARTS) is 1. The lowest BCUT2D eigenvalue weighted by atomic mass is 9.32. The molecule has 6 aliphatic rings. The highest BCUT2D eigenvalue weighted by Crippen LogP contribution is 2.77. The Labute approximate surface area is 334 Å². The van der Waals surface area contributed by atoms with Crippen LogP contribution in [-0.2, 0) is 17.8 Å². The van der Waals surface area contributed by atoms with Gasteiger partial charge in [0.15, 0.2) is 0 Å². The van der Waals surface area contributed by atoms with Crippen molar-refractivity contribution in [3.63, 3.8) is 0 Å². The number of allylic oxidation sites excluding steroid dienone is 1. The van der Waals surface area contributed by atoms with Gasteiger partial charge in [-0.05, 0) is 177 Å². The number of hydrogen-bond acceptors (Lipinski definition) is 4. The minimum Gasteiger partial charge on any atom is -0.478 e. The molecule has 56 heavy (non-hydrogen) atoms. The first-order valence-corrected chi connectivity index (χ1v) is 21.7. The van der Waals surface area contributed by atoms with Gasteiger partial charge in [0, 0.05) is 17.6 Å². The molecule has 10 atom stereocenters. The van der Waals surface area contributed by atoms with Gasteiger partial charge in [-0.25, -0.2) is 4.79 Å². The highest BCUT2D eigenvalue weighted by molar-refractivity contribution is 5.95. The Balaban J connectivity index is 0.977. The van der Waals surface area contributed by atoms with Gasteiger partial charge >= 0.3 is 5.97 Å². The molecule has 0 radical (unpaired) electrons. The van der Waals surface area contributed by atoms with Crippen LogP contribution >= 0.6 is 0 Å². The maximum absolute atomic E-state index is 14.8. The van der Waals surface area contributed by atoms with E-state index in [4.69, 9.17) is 0 Å². The first-order valence-electron chi connectivity index (χ1n) is 21.7. The Hall–Kier alpha value is -3.45. The second kappa shape index (κ2) is 13.6. The topological polar surface area (TPSA) is 116 Å². The van der Waals surface area contributed by atoms with Crippen molar-refractivity contribution in [1.82, 2.24) is 10.6 Å². The summed E-state index contributed by atoms with van der Waals surface area (Å²) in [4.78, 5) is 39.6. The summed E-state index contributed by atoms with van der Waals surface area (Å²) in [5.74, 6) is 1.35. The number of carbonyl (C=O) groups excluding carboxylic acids is 2. The third-order valence-corrected chi connectivity index (χ3v) is 18.1. The number of amides is 2. The van der Waals surface area contributed by atoms with Crippen molar-refractivity contribution in [2.75, 3.05) is 0 Å². The lowest BCUT2D eigenvalue weighted by Gasteiger charge is -2.72. The molecule has 4 N–H and O–H groups in total. The Morgan fingerprint density at radius 1 is 0.768 bits per heavy atom. The SMILES string of the molecule is C=C(C)[C@@H]1CC[C@]2(C(=O)NCc3cccc(C(=O)NC4(Cc5ccc(C(=O)O)cc5)CC4)c3)CC[C@]3(C)C(CCC4[C@@]5(C)CC[C@H](O)C(C)(C)C5CC[C@]43C)C12. The van der Waals surface area contributed by atoms with Gasteiger partial charge in [0.25, 0.3) is 5.91 Å². The smallest absolute Gasteiger partial charge is 0.335 e. The molecule has 0 heterocycles. The molecular formula is C49H66N2O5. The zero-order chi connectivity index (χ0) is 40.1. The first-order chi connectivity index (χ1) is 26.4. The molecule has 6 fully saturated rings. The van der Waals surface area contributed by atoms with Crippen LogP contribution in [0.4, 0.5) is 0 Å². The van der Waals surface area contributed by atoms with Gasteiger partial charge in [-0.1, -0.05) is 71.0 Å². The first kappa shape index (κ1) is 39.4. The number of rotatable bonds is 9. The second-order valence-electron chi connectivity index (χ2n) is 21.0. The van der Waals surface area contributed by atoms with Crippen molar-refractivity contribution in [2.45, 2.75) is 143 Å². The minimum absolute atomic E-state index is 0.0651. The fourth-order valence-electron chi connectivity index (χ4n) is 14.7. The van der Waals surface area contributed by atoms with Crippen LogP contribution in [0.2, 0.25) is 0 Å². The van der Waals surface area contributed by atoms with Crippen LogP contribution in [0.3, 0.4) is 0 Å². The van der Waals surface area contributed by atoms with Crippen molar-refractivity contribution in [3.05, 3.63) is 82.9 Å². The van der Waals surface area contributed by atoms with Crippen molar-refractivity contribution in [3.8, 4) is 0 Å². The number of aliphatic hydroxyl groups is 1. The predicted molar refractivity (Wildman–Crippen MR) is 220 cm³/mol. The van der Waals surface area contributed by atoms with Crippen LogP contribution in [0.25, 0.3) is 0 Å². The number of aliphatic hydroxyl groups excluding tert-OH is 1. The number of hydrogen-bond donors (Lipinski definition) is 4. The molecule has 2 amide bonds. The van der Waals surface area contributed by atoms with E-state index in [1.54, 1.807) is 12.1 Å². The van der Waals surface area contributed by atoms with Crippen molar-refractivity contribution in [1.29, 1.82) is 0 Å². The number of benzene rings is 2. The number of nitrogens with one attached hydrogen (secondary N) is 2. The third-order valence-electron chi connectivity index (χ3n) is 18.1. The summed E-state index contributed by atoms with van der Waals surface area (Å²) in [6.07, 6.45) is 12.9. The summed E-state index contributed by atoms with van der Waals surface area (Å²) in [6, 6.07) is 14.6. The van der Waals surface area contributed by atoms with Crippen LogP contribution < -0.4 is 10.6 Å². The molecule has 8 rings (SSSR count). The van der Waals surface area contributed by atoms with E-state index >= 15 is 0 Å². The van der Waals surface area contributed by atoms with E-state index in [0.29, 0.717) is 42.2 Å². The Morgan fingerprint density at radius 3 is 2.18 bits per heavy atom. The number of carbonyl (C=O) groups is 3. The molecule has 6 saturated carbocycles. The molecule has 6 aliphatic carbocycles. The molecule has 7 heteroatoms. The van der Waals surface area contributed by atoms with Crippen LogP contribution in [0.5, 0.6) is 0 Å². The quantitative estimate of drug-likeness (QED) is 0.190. The monoisotopic (exact) mass is 762 g/mol. The van der Waals surface area contributed by atoms with Gasteiger partial charge in [0.1, 0.15) is 0 Å². The zero-order valence-corrected chi connectivity index (χ0v) is 34.8. The second-order valence-corrected chi connectivity index (χ2v) is 21.0. The van der Waals surface area contributed by atoms with Gasteiger partial charge in [-0.2, -0.15) is 0 Å². The maximum atomic E-state index is 14.8. The van der Waals surface area contributed by atoms with E-state index in [0.717, 1.165) is 68.9 Å². The van der Waals surface area contributed by atoms with Crippen molar-refractivity contribution in [2.24, 2.45) is 56.7 Å². The highest BCUT2D eigenvalue weighted by atomic mass is 16.4. The lowest BCUT2D eigenvalue weighted by molar-refractivity contribution is -0.246. The van der Waals surface area contributed by atoms with Gasteiger partial charge in [-0.3, -0.25) is 9.59 Å². The molecule has 302 valence electrons. The van der Waals surface area contributed by atoms with E-state index in [1.165, 1.54) is 24.8 Å². The highest BCUT2D eigenvalue weighted by Gasteiger charge is 2.71. The van der Waals surface area contributed by atoms with Crippen molar-refractivity contribution >= 4 is 17.8 Å². The largest absolute Gasteiger partial charge is 0.478 e. The van der Waals surface area contributed by atoms with E-state index < -0.39 is 11.4 Å². The van der Waals surface area contributed by atoms with Crippen LogP contribution in [-0.4, -0.2) is 39.6 Å². The van der Waals surface area contributed by atoms with E-state index in [1.807, 2.05) is 36.4 Å². The molecule has 7 nitrogen and oxygen atoms in total. The van der Waals surface area contributed by atoms with Gasteiger partial charge in [-0.15, -0.1) is 0 Å². The molecule has 0 aliphatic heterocycles. The van der Waals surface area contributed by atoms with Gasteiger partial charge in [0.2, 0.25) is 5.91 Å². The fourth-order valence-corrected chi connectivity index (χ4v) is 14.7. The normalized spacial score (nSPS) is 38.8. The number of aromatic carboxylic acids is 1. The van der Waals surface area contributed by atoms with Crippen LogP contribution in [0, 0.1) is 56.7 Å². The van der Waals surface area contributed by atoms with Gasteiger partial charge in [0.05, 0.1) is 17.1 Å². The summed E-state index contributed by atoms with van der Waals surface area (Å²) >= 11 is 0. The lowest BCUT2D eigenvalue weighted by Crippen LogP contribution is -2.67. The Morgan fingerprint density at radius 2 is 1.50 bits per heavy atom. The molecule has 2 aromatic rings. The predicted octanol–water partition coefficient (Wildman–Crippen LogP) is 9.52. The molecule has 0 aromatic heterocycles. The summed E-state index contributed by atoms with van der Waals surface area (Å²) in [5.41, 5.74) is 3.74. The average Bonchev–Trinajstić information content (AvgIpc) is 3.78. The standard InChI is InChI=1S/C49H66N2O5/c1-30(2)35-17-22-49(26-23-46(6)36(40(35)49)15-16-38-45(5)20-19-39(52)44(3,4)37(45)18-21-47(38,46)7)43(56)50-29-32-9-8-10-34(27-32)41(53)51-48(24-25-48)28-31-11-13-33(14-12-31)42(54)55/h8-14,27,35-40,52H,1,15-26,28-29H2,2-7H3,(H,50,56)(H,51,53)(H,54,55)/t35-,36?,37?,38?,39-,40?,45-,46+,47+,49-/m0/s1. The molecule has 0 saturated heterocycles. The minimum atomic E-state index is -0.947. The van der Waals surface area contributed by atoms with Crippen LogP contribution in [0.1, 0.15) is 150 Å². The zero-order valence-electron chi connectivity index (χ0n) is 34.8. The van der Waals surface area contributed by atoms with Crippen molar-refractivity contribution < 1.29 is 24.6 Å². The molecule has 4 unspecified atom stereocenters. The van der Waals surface area contributed by atoms with E-state index in [-0.39, 0.29) is 56.6 Å². The maximum Gasteiger partial charge on any atom is 0.335 e. The summed E-state index contributed by atoms with van der Waals surface area (Å²) < 4.78 is 0. The molecular weight excluding hydrogens is 697 g/mol. The average molecular weight is 763 g/mol. The van der Waals surface area contributed by atoms with Crippen LogP contribution in [0.15, 0.2) is 60.7 Å². The summed E-state index contributed by atoms with van der Waals surface area (Å²) in [5, 5.41) is 27.1. The Bertz CT molecular complexity index is 1910. The summed E-state index contributed by atoms with van der Waals surface area (Å²) in [7, 11) is 0. The van der Waals surface area contributed by atoms with Gasteiger partial charge < -0.3 is 20.8 Å². The molecule has 0 bridgehead atoms.